The van der Waals surface area contributed by atoms with Crippen molar-refractivity contribution in [3.05, 3.63) is 59.9 Å². The monoisotopic (exact) mass is 350 g/mol. The van der Waals surface area contributed by atoms with Crippen LogP contribution < -0.4 is 4.90 Å². The molecule has 0 spiro atoms. The largest absolute Gasteiger partial charge is 0.390 e. The first kappa shape index (κ1) is 17.0. The smallest absolute Gasteiger partial charge is 0.145 e. The molecule has 0 radical (unpaired) electrons. The van der Waals surface area contributed by atoms with Gasteiger partial charge in [-0.1, -0.05) is 35.5 Å². The third-order valence-electron chi connectivity index (χ3n) is 5.14. The molecule has 2 aliphatic rings. The van der Waals surface area contributed by atoms with E-state index in [-0.39, 0.29) is 6.10 Å². The molecule has 1 aromatic carbocycles. The molecule has 5 heteroatoms. The molecular formula is C21H26N4O. The van der Waals surface area contributed by atoms with Gasteiger partial charge in [-0.15, -0.1) is 0 Å². The van der Waals surface area contributed by atoms with Crippen LogP contribution in [-0.4, -0.2) is 54.4 Å². The van der Waals surface area contributed by atoms with Crippen molar-refractivity contribution in [3.63, 3.8) is 0 Å². The number of anilines is 1. The van der Waals surface area contributed by atoms with Crippen molar-refractivity contribution in [3.8, 4) is 0 Å². The fourth-order valence-electron chi connectivity index (χ4n) is 3.75. The van der Waals surface area contributed by atoms with Gasteiger partial charge in [0.2, 0.25) is 0 Å². The highest BCUT2D eigenvalue weighted by Gasteiger charge is 2.25. The maximum absolute atomic E-state index is 5.72. The molecule has 4 rings (SSSR count). The quantitative estimate of drug-likeness (QED) is 0.850. The van der Waals surface area contributed by atoms with Crippen molar-refractivity contribution in [2.45, 2.75) is 25.9 Å². The Labute approximate surface area is 155 Å². The lowest BCUT2D eigenvalue weighted by Gasteiger charge is -2.24. The Morgan fingerprint density at radius 2 is 1.96 bits per heavy atom. The Kier molecular flexibility index (Phi) is 5.16. The van der Waals surface area contributed by atoms with Gasteiger partial charge in [0.15, 0.2) is 0 Å². The molecule has 1 fully saturated rings. The van der Waals surface area contributed by atoms with E-state index < -0.39 is 0 Å². The van der Waals surface area contributed by atoms with Crippen molar-refractivity contribution < 1.29 is 4.84 Å². The zero-order valence-electron chi connectivity index (χ0n) is 15.3. The third kappa shape index (κ3) is 4.05. The lowest BCUT2D eigenvalue weighted by atomic mass is 10.0. The molecule has 1 unspecified atom stereocenters. The molecule has 2 aliphatic heterocycles. The predicted molar refractivity (Wildman–Crippen MR) is 105 cm³/mol. The number of aryl methyl sites for hydroxylation is 1. The second-order valence-electron chi connectivity index (χ2n) is 7.13. The van der Waals surface area contributed by atoms with E-state index >= 15 is 0 Å². The van der Waals surface area contributed by atoms with E-state index in [0.717, 1.165) is 50.6 Å². The highest BCUT2D eigenvalue weighted by Crippen LogP contribution is 2.20. The van der Waals surface area contributed by atoms with Gasteiger partial charge in [-0.05, 0) is 31.0 Å². The molecule has 136 valence electrons. The normalized spacial score (nSPS) is 21.2. The van der Waals surface area contributed by atoms with E-state index in [9.17, 15) is 0 Å². The molecule has 5 nitrogen and oxygen atoms in total. The fourth-order valence-corrected chi connectivity index (χ4v) is 3.75. The fraction of sp³-hybridized carbons (Fsp3) is 0.429. The average molecular weight is 350 g/mol. The summed E-state index contributed by atoms with van der Waals surface area (Å²) in [5, 5.41) is 4.32. The van der Waals surface area contributed by atoms with Crippen molar-refractivity contribution >= 4 is 11.4 Å². The van der Waals surface area contributed by atoms with Crippen LogP contribution in [-0.2, 0) is 4.84 Å². The number of hydrogen-bond acceptors (Lipinski definition) is 5. The maximum Gasteiger partial charge on any atom is 0.145 e. The minimum atomic E-state index is 0.167. The van der Waals surface area contributed by atoms with Crippen LogP contribution in [0.2, 0.25) is 0 Å². The summed E-state index contributed by atoms with van der Waals surface area (Å²) in [6, 6.07) is 14.6. The van der Waals surface area contributed by atoms with E-state index in [1.807, 2.05) is 12.3 Å². The molecule has 0 aliphatic carbocycles. The maximum atomic E-state index is 5.72. The Bertz CT molecular complexity index is 762. The zero-order valence-corrected chi connectivity index (χ0v) is 15.3. The molecule has 0 amide bonds. The molecule has 2 aromatic rings. The van der Waals surface area contributed by atoms with Crippen LogP contribution in [0.25, 0.3) is 0 Å². The Morgan fingerprint density at radius 1 is 1.08 bits per heavy atom. The minimum Gasteiger partial charge on any atom is -0.390 e. The van der Waals surface area contributed by atoms with Crippen LogP contribution in [0, 0.1) is 6.92 Å². The topological polar surface area (TPSA) is 41.0 Å². The molecule has 1 aromatic heterocycles. The molecule has 26 heavy (non-hydrogen) atoms. The summed E-state index contributed by atoms with van der Waals surface area (Å²) in [5.74, 6) is 0. The summed E-state index contributed by atoms with van der Waals surface area (Å²) >= 11 is 0. The van der Waals surface area contributed by atoms with Gasteiger partial charge >= 0.3 is 0 Å². The highest BCUT2D eigenvalue weighted by atomic mass is 16.6. The van der Waals surface area contributed by atoms with Crippen molar-refractivity contribution in [1.82, 2.24) is 9.88 Å². The number of pyridine rings is 1. The minimum absolute atomic E-state index is 0.167. The molecule has 1 saturated heterocycles. The third-order valence-corrected chi connectivity index (χ3v) is 5.14. The summed E-state index contributed by atoms with van der Waals surface area (Å²) < 4.78 is 0. The summed E-state index contributed by atoms with van der Waals surface area (Å²) in [4.78, 5) is 15.0. The first-order valence-electron chi connectivity index (χ1n) is 9.46. The van der Waals surface area contributed by atoms with Gasteiger partial charge in [0, 0.05) is 56.7 Å². The lowest BCUT2D eigenvalue weighted by molar-refractivity contribution is 0.0544. The Hall–Kier alpha value is -2.40. The summed E-state index contributed by atoms with van der Waals surface area (Å²) in [6.45, 7) is 7.31. The van der Waals surface area contributed by atoms with Gasteiger partial charge in [0.05, 0.1) is 5.71 Å². The van der Waals surface area contributed by atoms with Crippen LogP contribution in [0.3, 0.4) is 0 Å². The van der Waals surface area contributed by atoms with Gasteiger partial charge in [-0.3, -0.25) is 9.88 Å². The standard InChI is InChI=1S/C21H26N4O/c1-17-14-19(8-9-22-17)25-11-5-10-24(12-13-25)16-20-15-21(23-26-20)18-6-3-2-4-7-18/h2-4,6-9,14,20H,5,10-13,15-16H2,1H3. The second kappa shape index (κ2) is 7.87. The molecule has 0 N–H and O–H groups in total. The number of rotatable bonds is 4. The lowest BCUT2D eigenvalue weighted by Crippen LogP contribution is -2.36. The van der Waals surface area contributed by atoms with Gasteiger partial charge in [-0.2, -0.15) is 0 Å². The summed E-state index contributed by atoms with van der Waals surface area (Å²) in [7, 11) is 0. The molecular weight excluding hydrogens is 324 g/mol. The van der Waals surface area contributed by atoms with E-state index in [0.29, 0.717) is 0 Å². The van der Waals surface area contributed by atoms with Crippen LogP contribution in [0.5, 0.6) is 0 Å². The molecule has 0 saturated carbocycles. The van der Waals surface area contributed by atoms with E-state index in [1.54, 1.807) is 0 Å². The van der Waals surface area contributed by atoms with Gasteiger partial charge in [-0.25, -0.2) is 0 Å². The van der Waals surface area contributed by atoms with Crippen LogP contribution in [0.15, 0.2) is 53.8 Å². The number of aromatic nitrogens is 1. The van der Waals surface area contributed by atoms with Crippen LogP contribution in [0.4, 0.5) is 5.69 Å². The van der Waals surface area contributed by atoms with E-state index in [4.69, 9.17) is 4.84 Å². The van der Waals surface area contributed by atoms with Crippen molar-refractivity contribution in [2.75, 3.05) is 37.6 Å². The summed E-state index contributed by atoms with van der Waals surface area (Å²) in [6.07, 6.45) is 4.14. The predicted octanol–water partition coefficient (Wildman–Crippen LogP) is 3.10. The zero-order chi connectivity index (χ0) is 17.8. The van der Waals surface area contributed by atoms with Crippen molar-refractivity contribution in [2.24, 2.45) is 5.16 Å². The van der Waals surface area contributed by atoms with Gasteiger partial charge in [0.25, 0.3) is 0 Å². The molecule has 3 heterocycles. The van der Waals surface area contributed by atoms with E-state index in [1.165, 1.54) is 17.7 Å². The van der Waals surface area contributed by atoms with E-state index in [2.05, 4.69) is 63.3 Å². The van der Waals surface area contributed by atoms with Crippen LogP contribution >= 0.6 is 0 Å². The number of oxime groups is 1. The first-order valence-corrected chi connectivity index (χ1v) is 9.46. The van der Waals surface area contributed by atoms with Gasteiger partial charge < -0.3 is 9.74 Å². The van der Waals surface area contributed by atoms with Gasteiger partial charge in [0.1, 0.15) is 6.10 Å². The molecule has 0 bridgehead atoms. The molecule has 1 atom stereocenters. The van der Waals surface area contributed by atoms with Crippen LogP contribution in [0.1, 0.15) is 24.1 Å². The Morgan fingerprint density at radius 3 is 2.81 bits per heavy atom. The number of hydrogen-bond donors (Lipinski definition) is 0. The number of benzene rings is 1. The average Bonchev–Trinajstić information content (AvgIpc) is 3.00. The summed E-state index contributed by atoms with van der Waals surface area (Å²) in [5.41, 5.74) is 4.60. The Balaban J connectivity index is 1.30. The first-order chi connectivity index (χ1) is 12.8. The highest BCUT2D eigenvalue weighted by molar-refractivity contribution is 6.01. The number of nitrogens with zero attached hydrogens (tertiary/aromatic N) is 4. The SMILES string of the molecule is Cc1cc(N2CCCN(CC3CC(c4ccccc4)=NO3)CC2)ccn1. The van der Waals surface area contributed by atoms with Crippen molar-refractivity contribution in [1.29, 1.82) is 0 Å². The second-order valence-corrected chi connectivity index (χ2v) is 7.13.